The molecule has 0 radical (unpaired) electrons. The summed E-state index contributed by atoms with van der Waals surface area (Å²) in [4.78, 5) is 2.47. The number of hydrogen-bond donors (Lipinski definition) is 0. The molecule has 0 unspecified atom stereocenters. The van der Waals surface area contributed by atoms with Gasteiger partial charge in [0.2, 0.25) is 0 Å². The largest absolute Gasteiger partial charge is 0.496 e. The molecule has 0 amide bonds. The number of benzene rings is 1. The van der Waals surface area contributed by atoms with Crippen molar-refractivity contribution in [3.8, 4) is 11.8 Å². The average molecular weight is 437 g/mol. The number of allylic oxidation sites excluding steroid dienone is 4. The topological polar surface area (TPSA) is 45.5 Å². The summed E-state index contributed by atoms with van der Waals surface area (Å²) < 4.78 is 11.5. The van der Waals surface area contributed by atoms with E-state index < -0.39 is 0 Å². The molecule has 2 rings (SSSR count). The molecule has 0 saturated carbocycles. The Balaban J connectivity index is 2.37. The maximum atomic E-state index is 9.20. The van der Waals surface area contributed by atoms with E-state index in [1.54, 1.807) is 20.3 Å². The predicted octanol–water partition coefficient (Wildman–Crippen LogP) is 7.29. The van der Waals surface area contributed by atoms with Crippen LogP contribution < -0.4 is 9.64 Å². The molecule has 0 saturated heterocycles. The molecule has 0 aliphatic heterocycles. The van der Waals surface area contributed by atoms with Crippen LogP contribution in [0.1, 0.15) is 71.8 Å². The summed E-state index contributed by atoms with van der Waals surface area (Å²) in [6, 6.07) is 8.67. The predicted molar refractivity (Wildman–Crippen MR) is 135 cm³/mol. The van der Waals surface area contributed by atoms with Gasteiger partial charge in [0.15, 0.2) is 0 Å². The molecule has 0 N–H and O–H groups in total. The number of anilines is 1. The molecular weight excluding hydrogens is 396 g/mol. The molecule has 0 atom stereocenters. The van der Waals surface area contributed by atoms with Gasteiger partial charge in [-0.05, 0) is 48.8 Å². The van der Waals surface area contributed by atoms with Crippen molar-refractivity contribution in [2.45, 2.75) is 66.2 Å². The first-order valence-electron chi connectivity index (χ1n) is 11.9. The van der Waals surface area contributed by atoms with Crippen molar-refractivity contribution in [3.05, 3.63) is 52.8 Å². The molecule has 0 heterocycles. The standard InChI is InChI=1S/C28H40N2O2/c1-7-9-17-30(18-10-8-2)25-14-13-22(26(19-25)31-5)11-12-23-20-28(3,4)21-24(15-16-29)27(23)32-6/h11-15,19H,7-10,17-18,20-21H2,1-6H3/b12-11+,24-15+. The molecule has 1 aromatic rings. The third-order valence-electron chi connectivity index (χ3n) is 5.97. The van der Waals surface area contributed by atoms with E-state index in [1.807, 2.05) is 0 Å². The fourth-order valence-corrected chi connectivity index (χ4v) is 4.34. The molecule has 1 aromatic carbocycles. The summed E-state index contributed by atoms with van der Waals surface area (Å²) in [7, 11) is 3.42. The van der Waals surface area contributed by atoms with E-state index in [1.165, 1.54) is 31.4 Å². The Morgan fingerprint density at radius 1 is 1.03 bits per heavy atom. The summed E-state index contributed by atoms with van der Waals surface area (Å²) in [5, 5.41) is 9.20. The van der Waals surface area contributed by atoms with Crippen molar-refractivity contribution in [1.82, 2.24) is 0 Å². The zero-order valence-corrected chi connectivity index (χ0v) is 20.8. The van der Waals surface area contributed by atoms with Gasteiger partial charge >= 0.3 is 0 Å². The average Bonchev–Trinajstić information content (AvgIpc) is 2.77. The number of methoxy groups -OCH3 is 2. The second-order valence-electron chi connectivity index (χ2n) is 9.33. The number of unbranched alkanes of at least 4 members (excludes halogenated alkanes) is 2. The van der Waals surface area contributed by atoms with E-state index in [2.05, 4.69) is 69.0 Å². The van der Waals surface area contributed by atoms with Crippen LogP contribution in [0.15, 0.2) is 47.3 Å². The van der Waals surface area contributed by atoms with Gasteiger partial charge < -0.3 is 14.4 Å². The van der Waals surface area contributed by atoms with Gasteiger partial charge in [0.05, 0.1) is 20.3 Å². The number of rotatable bonds is 11. The van der Waals surface area contributed by atoms with E-state index >= 15 is 0 Å². The minimum Gasteiger partial charge on any atom is -0.496 e. The van der Waals surface area contributed by atoms with E-state index in [9.17, 15) is 5.26 Å². The van der Waals surface area contributed by atoms with Gasteiger partial charge in [0, 0.05) is 42.1 Å². The molecule has 0 aromatic heterocycles. The molecule has 4 heteroatoms. The summed E-state index contributed by atoms with van der Waals surface area (Å²) >= 11 is 0. The van der Waals surface area contributed by atoms with Crippen molar-refractivity contribution in [1.29, 1.82) is 5.26 Å². The highest BCUT2D eigenvalue weighted by molar-refractivity contribution is 5.65. The van der Waals surface area contributed by atoms with Crippen LogP contribution in [0.5, 0.6) is 5.75 Å². The zero-order chi connectivity index (χ0) is 23.6. The summed E-state index contributed by atoms with van der Waals surface area (Å²) in [5.74, 6) is 1.70. The van der Waals surface area contributed by atoms with E-state index in [0.717, 1.165) is 54.1 Å². The van der Waals surface area contributed by atoms with Crippen molar-refractivity contribution in [2.24, 2.45) is 5.41 Å². The summed E-state index contributed by atoms with van der Waals surface area (Å²) in [6.07, 6.45) is 12.3. The quantitative estimate of drug-likeness (QED) is 0.342. The molecular formula is C28H40N2O2. The SMILES string of the molecule is CCCCN(CCCC)c1ccc(/C=C/C2=C(OC)C(=C/C#N)/CC(C)(C)C2)c(OC)c1. The number of ether oxygens (including phenoxy) is 2. The fraction of sp³-hybridized carbons (Fsp3) is 0.536. The number of nitriles is 1. The van der Waals surface area contributed by atoms with Crippen molar-refractivity contribution in [3.63, 3.8) is 0 Å². The van der Waals surface area contributed by atoms with E-state index in [0.29, 0.717) is 0 Å². The summed E-state index contributed by atoms with van der Waals surface area (Å²) in [5.41, 5.74) is 4.42. The Labute approximate surface area is 195 Å². The first-order chi connectivity index (χ1) is 15.4. The summed E-state index contributed by atoms with van der Waals surface area (Å²) in [6.45, 7) is 11.1. The second kappa shape index (κ2) is 12.4. The van der Waals surface area contributed by atoms with Gasteiger partial charge in [-0.3, -0.25) is 0 Å². The Morgan fingerprint density at radius 2 is 1.72 bits per heavy atom. The third-order valence-corrected chi connectivity index (χ3v) is 5.97. The molecule has 32 heavy (non-hydrogen) atoms. The monoisotopic (exact) mass is 436 g/mol. The van der Waals surface area contributed by atoms with Gasteiger partial charge in [0.25, 0.3) is 0 Å². The zero-order valence-electron chi connectivity index (χ0n) is 20.8. The molecule has 4 nitrogen and oxygen atoms in total. The smallest absolute Gasteiger partial charge is 0.128 e. The highest BCUT2D eigenvalue weighted by Gasteiger charge is 2.30. The third kappa shape index (κ3) is 6.92. The van der Waals surface area contributed by atoms with Crippen LogP contribution in [0.2, 0.25) is 0 Å². The normalized spacial score (nSPS) is 17.0. The maximum absolute atomic E-state index is 9.20. The van der Waals surface area contributed by atoms with Crippen LogP contribution in [-0.4, -0.2) is 27.3 Å². The lowest BCUT2D eigenvalue weighted by molar-refractivity contribution is 0.256. The van der Waals surface area contributed by atoms with E-state index in [-0.39, 0.29) is 5.41 Å². The van der Waals surface area contributed by atoms with Gasteiger partial charge in [-0.25, -0.2) is 0 Å². The fourth-order valence-electron chi connectivity index (χ4n) is 4.34. The lowest BCUT2D eigenvalue weighted by atomic mass is 9.74. The lowest BCUT2D eigenvalue weighted by Gasteiger charge is -2.33. The maximum Gasteiger partial charge on any atom is 0.128 e. The van der Waals surface area contributed by atoms with Crippen LogP contribution >= 0.6 is 0 Å². The Kier molecular flexibility index (Phi) is 9.91. The molecule has 0 bridgehead atoms. The minimum atomic E-state index is 0.0807. The first-order valence-corrected chi connectivity index (χ1v) is 11.9. The first kappa shape index (κ1) is 25.6. The van der Waals surface area contributed by atoms with Crippen molar-refractivity contribution < 1.29 is 9.47 Å². The second-order valence-corrected chi connectivity index (χ2v) is 9.33. The van der Waals surface area contributed by atoms with Gasteiger partial charge in [-0.1, -0.05) is 52.7 Å². The van der Waals surface area contributed by atoms with Crippen molar-refractivity contribution in [2.75, 3.05) is 32.2 Å². The van der Waals surface area contributed by atoms with Crippen LogP contribution in [0.4, 0.5) is 5.69 Å². The van der Waals surface area contributed by atoms with Crippen LogP contribution in [0.25, 0.3) is 6.08 Å². The van der Waals surface area contributed by atoms with Gasteiger partial charge in [-0.2, -0.15) is 5.26 Å². The van der Waals surface area contributed by atoms with Crippen LogP contribution in [0.3, 0.4) is 0 Å². The molecule has 174 valence electrons. The van der Waals surface area contributed by atoms with Crippen molar-refractivity contribution >= 4 is 11.8 Å². The van der Waals surface area contributed by atoms with Crippen LogP contribution in [-0.2, 0) is 4.74 Å². The minimum absolute atomic E-state index is 0.0807. The number of hydrogen-bond acceptors (Lipinski definition) is 4. The highest BCUT2D eigenvalue weighted by atomic mass is 16.5. The highest BCUT2D eigenvalue weighted by Crippen LogP contribution is 2.42. The molecule has 1 aliphatic carbocycles. The van der Waals surface area contributed by atoms with Crippen LogP contribution in [0, 0.1) is 16.7 Å². The molecule has 1 aliphatic rings. The Hall–Kier alpha value is -2.67. The van der Waals surface area contributed by atoms with Gasteiger partial charge in [0.1, 0.15) is 11.5 Å². The molecule has 0 spiro atoms. The van der Waals surface area contributed by atoms with Gasteiger partial charge in [-0.15, -0.1) is 0 Å². The number of nitrogens with zero attached hydrogens (tertiary/aromatic N) is 2. The van der Waals surface area contributed by atoms with E-state index in [4.69, 9.17) is 9.47 Å². The Morgan fingerprint density at radius 3 is 2.28 bits per heavy atom. The Bertz CT molecular complexity index is 879. The molecule has 0 fully saturated rings. The lowest BCUT2D eigenvalue weighted by Crippen LogP contribution is -2.25.